The van der Waals surface area contributed by atoms with Crippen LogP contribution in [-0.4, -0.2) is 5.91 Å². The smallest absolute Gasteiger partial charge is 0.228 e. The van der Waals surface area contributed by atoms with E-state index < -0.39 is 0 Å². The Labute approximate surface area is 115 Å². The summed E-state index contributed by atoms with van der Waals surface area (Å²) in [6.07, 6.45) is 3.87. The van der Waals surface area contributed by atoms with Crippen molar-refractivity contribution < 1.29 is 4.79 Å². The van der Waals surface area contributed by atoms with Crippen LogP contribution in [0.25, 0.3) is 0 Å². The van der Waals surface area contributed by atoms with Gasteiger partial charge in [-0.1, -0.05) is 53.4 Å². The number of nitrogens with one attached hydrogen (secondary N) is 1. The molecule has 0 aliphatic carbocycles. The van der Waals surface area contributed by atoms with Crippen LogP contribution in [0.15, 0.2) is 12.1 Å². The first-order valence-corrected chi connectivity index (χ1v) is 7.17. The molecule has 4 heteroatoms. The molecule has 1 aliphatic heterocycles. The normalized spacial score (nSPS) is 15.6. The maximum atomic E-state index is 11.3. The third-order valence-corrected chi connectivity index (χ3v) is 4.27. The van der Waals surface area contributed by atoms with Gasteiger partial charge >= 0.3 is 0 Å². The molecule has 0 aromatic heterocycles. The van der Waals surface area contributed by atoms with Gasteiger partial charge in [0.2, 0.25) is 5.91 Å². The summed E-state index contributed by atoms with van der Waals surface area (Å²) in [5.41, 5.74) is 3.00. The topological polar surface area (TPSA) is 29.1 Å². The zero-order chi connectivity index (χ0) is 12.4. The Kier molecular flexibility index (Phi) is 4.10. The summed E-state index contributed by atoms with van der Waals surface area (Å²) in [5.74, 6) is 0.0490. The van der Waals surface area contributed by atoms with Crippen LogP contribution in [0.2, 0.25) is 5.02 Å². The van der Waals surface area contributed by atoms with Gasteiger partial charge in [-0.25, -0.2) is 0 Å². The molecule has 1 unspecified atom stereocenters. The highest BCUT2D eigenvalue weighted by atomic mass is 79.9. The number of carbonyl (C=O) groups excluding carboxylic acids is 1. The van der Waals surface area contributed by atoms with Gasteiger partial charge in [-0.2, -0.15) is 0 Å². The van der Waals surface area contributed by atoms with E-state index in [2.05, 4.69) is 28.2 Å². The molecule has 1 aromatic carbocycles. The second kappa shape index (κ2) is 5.40. The third-order valence-electron chi connectivity index (χ3n) is 3.00. The Morgan fingerprint density at radius 1 is 1.53 bits per heavy atom. The lowest BCUT2D eigenvalue weighted by molar-refractivity contribution is -0.115. The van der Waals surface area contributed by atoms with Crippen molar-refractivity contribution in [2.24, 2.45) is 0 Å². The van der Waals surface area contributed by atoms with Crippen molar-refractivity contribution in [3.05, 3.63) is 28.3 Å². The summed E-state index contributed by atoms with van der Waals surface area (Å²) in [6, 6.07) is 3.90. The van der Waals surface area contributed by atoms with E-state index in [0.29, 0.717) is 6.42 Å². The fourth-order valence-electron chi connectivity index (χ4n) is 2.05. The minimum atomic E-state index is 0.0490. The zero-order valence-electron chi connectivity index (χ0n) is 9.72. The molecule has 0 saturated heterocycles. The second-order valence-electron chi connectivity index (χ2n) is 4.37. The Balaban J connectivity index is 2.24. The van der Waals surface area contributed by atoms with Crippen molar-refractivity contribution in [1.82, 2.24) is 0 Å². The minimum absolute atomic E-state index is 0.0490. The van der Waals surface area contributed by atoms with Gasteiger partial charge in [0.1, 0.15) is 0 Å². The molecule has 1 N–H and O–H groups in total. The number of amides is 1. The van der Waals surface area contributed by atoms with Gasteiger partial charge in [0.25, 0.3) is 0 Å². The number of benzene rings is 1. The van der Waals surface area contributed by atoms with Crippen LogP contribution in [0.5, 0.6) is 0 Å². The Morgan fingerprint density at radius 2 is 2.29 bits per heavy atom. The predicted molar refractivity (Wildman–Crippen MR) is 75.0 cm³/mol. The van der Waals surface area contributed by atoms with E-state index in [1.54, 1.807) is 0 Å². The predicted octanol–water partition coefficient (Wildman–Crippen LogP) is 4.46. The average molecular weight is 317 g/mol. The van der Waals surface area contributed by atoms with E-state index in [-0.39, 0.29) is 10.7 Å². The summed E-state index contributed by atoms with van der Waals surface area (Å²) in [6.45, 7) is 2.17. The molecule has 1 aromatic rings. The molecule has 92 valence electrons. The lowest BCUT2D eigenvalue weighted by Gasteiger charge is -2.13. The quantitative estimate of drug-likeness (QED) is 0.816. The fraction of sp³-hybridized carbons (Fsp3) is 0.462. The molecule has 0 fully saturated rings. The van der Waals surface area contributed by atoms with Crippen LogP contribution in [0.3, 0.4) is 0 Å². The van der Waals surface area contributed by atoms with Crippen LogP contribution in [0.4, 0.5) is 5.69 Å². The van der Waals surface area contributed by atoms with Crippen molar-refractivity contribution in [2.45, 2.75) is 37.4 Å². The van der Waals surface area contributed by atoms with Gasteiger partial charge in [-0.05, 0) is 23.6 Å². The maximum Gasteiger partial charge on any atom is 0.228 e. The summed E-state index contributed by atoms with van der Waals surface area (Å²) in [4.78, 5) is 11.6. The second-order valence-corrected chi connectivity index (χ2v) is 5.88. The monoisotopic (exact) mass is 315 g/mol. The van der Waals surface area contributed by atoms with Crippen molar-refractivity contribution in [3.63, 3.8) is 0 Å². The van der Waals surface area contributed by atoms with E-state index in [4.69, 9.17) is 11.6 Å². The van der Waals surface area contributed by atoms with Gasteiger partial charge < -0.3 is 5.32 Å². The van der Waals surface area contributed by atoms with E-state index in [1.807, 2.05) is 12.1 Å². The summed E-state index contributed by atoms with van der Waals surface area (Å²) in [5, 5.41) is 3.53. The van der Waals surface area contributed by atoms with E-state index in [9.17, 15) is 4.79 Å². The molecule has 0 saturated carbocycles. The molecule has 17 heavy (non-hydrogen) atoms. The highest BCUT2D eigenvalue weighted by Crippen LogP contribution is 2.38. The zero-order valence-corrected chi connectivity index (χ0v) is 12.1. The van der Waals surface area contributed by atoms with Gasteiger partial charge in [0.15, 0.2) is 0 Å². The lowest BCUT2D eigenvalue weighted by Crippen LogP contribution is -2.03. The Morgan fingerprint density at radius 3 is 3.00 bits per heavy atom. The SMILES string of the molecule is CCCCC(Br)c1cc2c(cc1Cl)NC(=O)C2. The fourth-order valence-corrected chi connectivity index (χ4v) is 3.18. The summed E-state index contributed by atoms with van der Waals surface area (Å²) >= 11 is 9.92. The van der Waals surface area contributed by atoms with Crippen LogP contribution in [0, 0.1) is 0 Å². The number of unbranched alkanes of at least 4 members (excludes halogenated alkanes) is 1. The van der Waals surface area contributed by atoms with Gasteiger partial charge in [-0.15, -0.1) is 0 Å². The number of fused-ring (bicyclic) bond motifs is 1. The minimum Gasteiger partial charge on any atom is -0.325 e. The number of halogens is 2. The van der Waals surface area contributed by atoms with Crippen LogP contribution >= 0.6 is 27.5 Å². The first kappa shape index (κ1) is 12.9. The third kappa shape index (κ3) is 2.83. The molecule has 2 nitrogen and oxygen atoms in total. The molecule has 0 radical (unpaired) electrons. The highest BCUT2D eigenvalue weighted by Gasteiger charge is 2.21. The molecule has 1 amide bonds. The van der Waals surface area contributed by atoms with Gasteiger partial charge in [0.05, 0.1) is 6.42 Å². The molecular formula is C13H15BrClNO. The Hall–Kier alpha value is -0.540. The van der Waals surface area contributed by atoms with Gasteiger partial charge in [-0.3, -0.25) is 4.79 Å². The highest BCUT2D eigenvalue weighted by molar-refractivity contribution is 9.09. The molecule has 1 atom stereocenters. The summed E-state index contributed by atoms with van der Waals surface area (Å²) < 4.78 is 0. The van der Waals surface area contributed by atoms with E-state index >= 15 is 0 Å². The van der Waals surface area contributed by atoms with E-state index in [1.165, 1.54) is 12.8 Å². The number of hydrogen-bond acceptors (Lipinski definition) is 1. The first-order valence-electron chi connectivity index (χ1n) is 5.88. The standard InChI is InChI=1S/C13H15BrClNO/c1-2-3-4-10(14)9-5-8-6-13(17)16-12(8)7-11(9)15/h5,7,10H,2-4,6H2,1H3,(H,16,17). The van der Waals surface area contributed by atoms with Gasteiger partial charge in [0, 0.05) is 15.5 Å². The molecule has 1 aliphatic rings. The number of rotatable bonds is 4. The lowest BCUT2D eigenvalue weighted by atomic mass is 10.0. The maximum absolute atomic E-state index is 11.3. The van der Waals surface area contributed by atoms with Crippen molar-refractivity contribution in [2.75, 3.05) is 5.32 Å². The van der Waals surface area contributed by atoms with E-state index in [0.717, 1.165) is 28.3 Å². The van der Waals surface area contributed by atoms with Crippen molar-refractivity contribution >= 4 is 39.1 Å². The molecular weight excluding hydrogens is 302 g/mol. The molecule has 0 spiro atoms. The van der Waals surface area contributed by atoms with Crippen LogP contribution in [0.1, 0.15) is 42.1 Å². The van der Waals surface area contributed by atoms with Crippen molar-refractivity contribution in [1.29, 1.82) is 0 Å². The van der Waals surface area contributed by atoms with Crippen LogP contribution in [-0.2, 0) is 11.2 Å². The number of carbonyl (C=O) groups is 1. The molecule has 0 bridgehead atoms. The number of alkyl halides is 1. The Bertz CT molecular complexity index is 447. The average Bonchev–Trinajstić information content (AvgIpc) is 2.64. The first-order chi connectivity index (χ1) is 8.11. The summed E-state index contributed by atoms with van der Waals surface area (Å²) in [7, 11) is 0. The van der Waals surface area contributed by atoms with Crippen LogP contribution < -0.4 is 5.32 Å². The van der Waals surface area contributed by atoms with Crippen molar-refractivity contribution in [3.8, 4) is 0 Å². The molecule has 1 heterocycles. The largest absolute Gasteiger partial charge is 0.325 e. The number of hydrogen-bond donors (Lipinski definition) is 1. The molecule has 2 rings (SSSR count). The number of anilines is 1.